The minimum Gasteiger partial charge on any atom is -0.485 e. The number of hydrogen-bond donors (Lipinski definition) is 2. The van der Waals surface area contributed by atoms with Gasteiger partial charge in [-0.1, -0.05) is 12.1 Å². The van der Waals surface area contributed by atoms with Gasteiger partial charge in [-0.3, -0.25) is 14.4 Å². The molecule has 0 saturated carbocycles. The molecule has 0 radical (unpaired) electrons. The normalized spacial score (nSPS) is 15.7. The van der Waals surface area contributed by atoms with Crippen molar-refractivity contribution in [1.29, 1.82) is 0 Å². The number of nitrogens with one attached hydrogen (secondary N) is 1. The van der Waals surface area contributed by atoms with Crippen molar-refractivity contribution in [2.75, 3.05) is 19.7 Å². The van der Waals surface area contributed by atoms with Gasteiger partial charge in [0, 0.05) is 25.1 Å². The topological polar surface area (TPSA) is 118 Å². The Kier molecular flexibility index (Phi) is 9.90. The molecule has 1 saturated heterocycles. The van der Waals surface area contributed by atoms with E-state index >= 15 is 0 Å². The Hall–Kier alpha value is -3.78. The summed E-state index contributed by atoms with van der Waals surface area (Å²) in [5.41, 5.74) is -0.169. The van der Waals surface area contributed by atoms with E-state index in [0.29, 0.717) is 5.01 Å². The zero-order valence-corrected chi connectivity index (χ0v) is 24.5. The molecule has 2 atom stereocenters. The summed E-state index contributed by atoms with van der Waals surface area (Å²) in [4.78, 5) is 44.7. The van der Waals surface area contributed by atoms with E-state index in [0.717, 1.165) is 10.2 Å². The van der Waals surface area contributed by atoms with Crippen LogP contribution in [0.25, 0.3) is 10.2 Å². The average Bonchev–Trinajstić information content (AvgIpc) is 3.39. The zero-order valence-electron chi connectivity index (χ0n) is 23.7. The lowest BCUT2D eigenvalue weighted by molar-refractivity contribution is -0.156. The van der Waals surface area contributed by atoms with Crippen LogP contribution in [0.15, 0.2) is 30.3 Å². The number of nitrogens with zero attached hydrogens (tertiary/aromatic N) is 2. The van der Waals surface area contributed by atoms with Crippen molar-refractivity contribution in [1.82, 2.24) is 15.2 Å². The van der Waals surface area contributed by atoms with E-state index in [1.807, 2.05) is 24.3 Å². The molecule has 2 N–H and O–H groups in total. The predicted molar refractivity (Wildman–Crippen MR) is 148 cm³/mol. The Morgan fingerprint density at radius 1 is 1.09 bits per heavy atom. The number of esters is 1. The number of ether oxygens (including phenoxy) is 2. The Morgan fingerprint density at radius 2 is 1.72 bits per heavy atom. The van der Waals surface area contributed by atoms with Gasteiger partial charge in [-0.25, -0.2) is 13.8 Å². The SMILES string of the molecule is CC(C)(C)OC(=O)C[C@H](NC(=O)C1CCN(C(=O)c2nc3ccccc3s2)CC1)C(O)COc1c(F)c(F)cc(F)c1F. The maximum Gasteiger partial charge on any atom is 0.308 e. The number of amides is 2. The number of thiazole rings is 1. The number of likely N-dealkylation sites (tertiary alicyclic amines) is 1. The summed E-state index contributed by atoms with van der Waals surface area (Å²) in [5.74, 6) is -10.5. The van der Waals surface area contributed by atoms with Crippen LogP contribution in [0, 0.1) is 29.2 Å². The molecule has 0 spiro atoms. The Bertz CT molecular complexity index is 1440. The molecule has 1 unspecified atom stereocenters. The Labute approximate surface area is 248 Å². The molecule has 1 aliphatic rings. The average molecular weight is 626 g/mol. The highest BCUT2D eigenvalue weighted by molar-refractivity contribution is 7.20. The van der Waals surface area contributed by atoms with Crippen LogP contribution in [-0.4, -0.2) is 70.2 Å². The van der Waals surface area contributed by atoms with Gasteiger partial charge in [0.2, 0.25) is 17.5 Å². The summed E-state index contributed by atoms with van der Waals surface area (Å²) in [6, 6.07) is 6.05. The van der Waals surface area contributed by atoms with E-state index in [1.165, 1.54) is 11.3 Å². The summed E-state index contributed by atoms with van der Waals surface area (Å²) >= 11 is 1.28. The van der Waals surface area contributed by atoms with Gasteiger partial charge in [-0.15, -0.1) is 11.3 Å². The fourth-order valence-corrected chi connectivity index (χ4v) is 5.49. The molecule has 2 heterocycles. The second-order valence-corrected chi connectivity index (χ2v) is 12.2. The standard InChI is InChI=1S/C29H31F4N3O6S/c1-29(2,3)42-22(38)13-19(20(37)14-41-25-23(32)16(30)12-17(31)24(25)33)34-26(39)15-8-10-36(11-9-15)28(40)27-35-18-6-4-5-7-21(18)43-27/h4-7,12,15,19-20,37H,8-11,13-14H2,1-3H3,(H,34,39)/t19-,20?/m0/s1. The molecule has 1 aliphatic heterocycles. The van der Waals surface area contributed by atoms with Crippen LogP contribution in [0.2, 0.25) is 0 Å². The smallest absolute Gasteiger partial charge is 0.308 e. The molecular formula is C29H31F4N3O6S. The van der Waals surface area contributed by atoms with Crippen LogP contribution in [0.3, 0.4) is 0 Å². The molecule has 0 bridgehead atoms. The highest BCUT2D eigenvalue weighted by Crippen LogP contribution is 2.28. The molecule has 1 fully saturated rings. The number of halogens is 4. The van der Waals surface area contributed by atoms with Crippen LogP contribution >= 0.6 is 11.3 Å². The number of hydrogen-bond acceptors (Lipinski definition) is 8. The lowest BCUT2D eigenvalue weighted by atomic mass is 9.95. The van der Waals surface area contributed by atoms with Gasteiger partial charge in [0.15, 0.2) is 22.4 Å². The lowest BCUT2D eigenvalue weighted by Gasteiger charge is -2.32. The predicted octanol–water partition coefficient (Wildman–Crippen LogP) is 4.36. The number of rotatable bonds is 9. The fraction of sp³-hybridized carbons (Fsp3) is 0.448. The highest BCUT2D eigenvalue weighted by atomic mass is 32.1. The van der Waals surface area contributed by atoms with Crippen LogP contribution in [0.5, 0.6) is 5.75 Å². The van der Waals surface area contributed by atoms with E-state index in [4.69, 9.17) is 9.47 Å². The summed E-state index contributed by atoms with van der Waals surface area (Å²) < 4.78 is 66.2. The number of aliphatic hydroxyl groups is 1. The van der Waals surface area contributed by atoms with Gasteiger partial charge in [-0.2, -0.15) is 8.78 Å². The second kappa shape index (κ2) is 13.2. The summed E-state index contributed by atoms with van der Waals surface area (Å²) in [6.07, 6.45) is -1.70. The number of piperidine rings is 1. The number of carbonyl (C=O) groups excluding carboxylic acids is 3. The van der Waals surface area contributed by atoms with Crippen molar-refractivity contribution >= 4 is 39.3 Å². The first-order valence-electron chi connectivity index (χ1n) is 13.5. The first-order valence-corrected chi connectivity index (χ1v) is 14.4. The van der Waals surface area contributed by atoms with Gasteiger partial charge < -0.3 is 24.8 Å². The Balaban J connectivity index is 1.40. The zero-order chi connectivity index (χ0) is 31.5. The van der Waals surface area contributed by atoms with Crippen molar-refractivity contribution in [3.8, 4) is 5.75 Å². The third kappa shape index (κ3) is 7.99. The van der Waals surface area contributed by atoms with E-state index in [9.17, 15) is 37.1 Å². The molecule has 43 heavy (non-hydrogen) atoms. The molecule has 0 aliphatic carbocycles. The third-order valence-electron chi connectivity index (χ3n) is 6.70. The number of aromatic nitrogens is 1. The minimum absolute atomic E-state index is 0.0113. The number of carbonyl (C=O) groups is 3. The quantitative estimate of drug-likeness (QED) is 0.206. The van der Waals surface area contributed by atoms with E-state index in [1.54, 1.807) is 25.7 Å². The molecule has 4 rings (SSSR count). The van der Waals surface area contributed by atoms with Crippen LogP contribution in [0.1, 0.15) is 49.8 Å². The van der Waals surface area contributed by atoms with E-state index < -0.39 is 77.6 Å². The first kappa shape index (κ1) is 32.1. The second-order valence-electron chi connectivity index (χ2n) is 11.1. The van der Waals surface area contributed by atoms with Crippen molar-refractivity contribution in [3.05, 3.63) is 58.6 Å². The number of aliphatic hydroxyl groups excluding tert-OH is 1. The first-order chi connectivity index (χ1) is 20.2. The van der Waals surface area contributed by atoms with Crippen LogP contribution in [0.4, 0.5) is 17.6 Å². The molecule has 9 nitrogen and oxygen atoms in total. The van der Waals surface area contributed by atoms with Gasteiger partial charge in [0.05, 0.1) is 22.7 Å². The molecule has 1 aromatic heterocycles. The third-order valence-corrected chi connectivity index (χ3v) is 7.72. The fourth-order valence-electron chi connectivity index (χ4n) is 4.55. The molecule has 2 amide bonds. The molecule has 232 valence electrons. The van der Waals surface area contributed by atoms with Gasteiger partial charge in [-0.05, 0) is 45.7 Å². The van der Waals surface area contributed by atoms with Crippen LogP contribution in [-0.2, 0) is 14.3 Å². The maximum absolute atomic E-state index is 14.0. The van der Waals surface area contributed by atoms with Crippen molar-refractivity contribution in [2.45, 2.75) is 57.8 Å². The van der Waals surface area contributed by atoms with Crippen LogP contribution < -0.4 is 10.1 Å². The van der Waals surface area contributed by atoms with E-state index in [2.05, 4.69) is 10.3 Å². The molecule has 3 aromatic rings. The number of benzene rings is 2. The summed E-state index contributed by atoms with van der Waals surface area (Å²) in [6.45, 7) is 4.46. The number of para-hydroxylation sites is 1. The summed E-state index contributed by atoms with van der Waals surface area (Å²) in [7, 11) is 0. The van der Waals surface area contributed by atoms with Crippen molar-refractivity contribution < 1.29 is 46.5 Å². The maximum atomic E-state index is 14.0. The van der Waals surface area contributed by atoms with E-state index in [-0.39, 0.29) is 37.9 Å². The highest BCUT2D eigenvalue weighted by Gasteiger charge is 2.34. The molecular weight excluding hydrogens is 594 g/mol. The van der Waals surface area contributed by atoms with Crippen molar-refractivity contribution in [2.24, 2.45) is 5.92 Å². The van der Waals surface area contributed by atoms with Crippen molar-refractivity contribution in [3.63, 3.8) is 0 Å². The largest absolute Gasteiger partial charge is 0.485 e. The van der Waals surface area contributed by atoms with Gasteiger partial charge in [0.1, 0.15) is 18.3 Å². The summed E-state index contributed by atoms with van der Waals surface area (Å²) in [5, 5.41) is 13.7. The monoisotopic (exact) mass is 625 g/mol. The van der Waals surface area contributed by atoms with Gasteiger partial charge >= 0.3 is 5.97 Å². The lowest BCUT2D eigenvalue weighted by Crippen LogP contribution is -2.51. The van der Waals surface area contributed by atoms with Gasteiger partial charge in [0.25, 0.3) is 5.91 Å². The number of fused-ring (bicyclic) bond motifs is 1. The minimum atomic E-state index is -1.80. The Morgan fingerprint density at radius 3 is 2.33 bits per heavy atom. The molecule has 14 heteroatoms. The molecule has 2 aromatic carbocycles.